The minimum absolute atomic E-state index is 0.0992. The predicted molar refractivity (Wildman–Crippen MR) is 113 cm³/mol. The number of piperazine rings is 1. The third-order valence-electron chi connectivity index (χ3n) is 5.03. The summed E-state index contributed by atoms with van der Waals surface area (Å²) < 4.78 is 0. The summed E-state index contributed by atoms with van der Waals surface area (Å²) in [5.74, 6) is -0.185. The third kappa shape index (κ3) is 6.39. The van der Waals surface area contributed by atoms with E-state index in [9.17, 15) is 14.9 Å². The Labute approximate surface area is 174 Å². The van der Waals surface area contributed by atoms with Crippen LogP contribution in [0, 0.1) is 10.1 Å². The highest BCUT2D eigenvalue weighted by molar-refractivity contribution is 6.33. The molecule has 2 aromatic carbocycles. The lowest BCUT2D eigenvalue weighted by molar-refractivity contribution is -1.01. The first kappa shape index (κ1) is 21.0. The Morgan fingerprint density at radius 3 is 2.48 bits per heavy atom. The zero-order valence-corrected chi connectivity index (χ0v) is 16.8. The number of halogens is 1. The largest absolute Gasteiger partial charge is 0.322 e. The van der Waals surface area contributed by atoms with Gasteiger partial charge in [0, 0.05) is 12.1 Å². The van der Waals surface area contributed by atoms with Gasteiger partial charge in [-0.15, -0.1) is 0 Å². The van der Waals surface area contributed by atoms with E-state index in [0.717, 1.165) is 32.7 Å². The molecule has 0 bridgehead atoms. The molecular weight excluding hydrogens is 392 g/mol. The number of nitrogens with zero attached hydrogens (tertiary/aromatic N) is 1. The number of hydrogen-bond acceptors (Lipinski definition) is 3. The molecular formula is C21H25ClN4O3+2. The maximum absolute atomic E-state index is 12.3. The summed E-state index contributed by atoms with van der Waals surface area (Å²) in [6, 6.07) is 14.3. The number of rotatable bonds is 7. The van der Waals surface area contributed by atoms with Crippen molar-refractivity contribution in [3.63, 3.8) is 0 Å². The highest BCUT2D eigenvalue weighted by Gasteiger charge is 2.24. The lowest BCUT2D eigenvalue weighted by Gasteiger charge is -2.28. The maximum Gasteiger partial charge on any atom is 0.279 e. The highest BCUT2D eigenvalue weighted by atomic mass is 35.5. The fourth-order valence-corrected chi connectivity index (χ4v) is 3.57. The number of nitro groups is 1. The van der Waals surface area contributed by atoms with Crippen LogP contribution in [0.15, 0.2) is 54.6 Å². The van der Waals surface area contributed by atoms with Crippen LogP contribution in [0.5, 0.6) is 0 Å². The maximum atomic E-state index is 12.3. The Hall–Kier alpha value is -2.74. The number of nitrogens with one attached hydrogen (secondary N) is 3. The van der Waals surface area contributed by atoms with Crippen LogP contribution in [0.1, 0.15) is 5.56 Å². The van der Waals surface area contributed by atoms with Gasteiger partial charge in [-0.1, -0.05) is 48.0 Å². The summed E-state index contributed by atoms with van der Waals surface area (Å²) in [5, 5.41) is 13.9. The molecule has 8 heteroatoms. The first-order valence-electron chi connectivity index (χ1n) is 9.64. The fourth-order valence-electron chi connectivity index (χ4n) is 3.41. The van der Waals surface area contributed by atoms with Crippen molar-refractivity contribution in [1.29, 1.82) is 0 Å². The number of carbonyl (C=O) groups is 1. The first-order chi connectivity index (χ1) is 14.0. The molecule has 0 aliphatic carbocycles. The van der Waals surface area contributed by atoms with Crippen LogP contribution < -0.4 is 15.1 Å². The molecule has 29 heavy (non-hydrogen) atoms. The van der Waals surface area contributed by atoms with Crippen LogP contribution in [0.3, 0.4) is 0 Å². The zero-order valence-electron chi connectivity index (χ0n) is 16.1. The predicted octanol–water partition coefficient (Wildman–Crippen LogP) is 0.684. The first-order valence-corrected chi connectivity index (χ1v) is 10.0. The topological polar surface area (TPSA) is 81.1 Å². The van der Waals surface area contributed by atoms with Crippen molar-refractivity contribution in [2.45, 2.75) is 0 Å². The van der Waals surface area contributed by atoms with Gasteiger partial charge in [-0.3, -0.25) is 14.9 Å². The van der Waals surface area contributed by atoms with Crippen LogP contribution in [-0.4, -0.2) is 50.1 Å². The lowest BCUT2D eigenvalue weighted by atomic mass is 10.2. The van der Waals surface area contributed by atoms with E-state index in [4.69, 9.17) is 11.6 Å². The van der Waals surface area contributed by atoms with Crippen molar-refractivity contribution < 1.29 is 19.5 Å². The van der Waals surface area contributed by atoms with Crippen LogP contribution in [-0.2, 0) is 4.79 Å². The zero-order chi connectivity index (χ0) is 20.6. The van der Waals surface area contributed by atoms with Gasteiger partial charge in [-0.05, 0) is 17.7 Å². The molecule has 3 rings (SSSR count). The van der Waals surface area contributed by atoms with E-state index in [0.29, 0.717) is 11.6 Å². The number of benzene rings is 2. The smallest absolute Gasteiger partial charge is 0.279 e. The number of non-ortho nitro benzene ring substituents is 1. The van der Waals surface area contributed by atoms with Gasteiger partial charge in [-0.25, -0.2) is 0 Å². The quantitative estimate of drug-likeness (QED) is 0.458. The van der Waals surface area contributed by atoms with Gasteiger partial charge < -0.3 is 15.1 Å². The van der Waals surface area contributed by atoms with E-state index in [1.807, 2.05) is 18.2 Å². The molecule has 0 unspecified atom stereocenters. The van der Waals surface area contributed by atoms with E-state index in [1.54, 1.807) is 0 Å². The monoisotopic (exact) mass is 416 g/mol. The molecule has 1 fully saturated rings. The average Bonchev–Trinajstić information content (AvgIpc) is 2.71. The van der Waals surface area contributed by atoms with Gasteiger partial charge in [0.25, 0.3) is 11.6 Å². The van der Waals surface area contributed by atoms with Crippen molar-refractivity contribution in [3.8, 4) is 0 Å². The normalized spacial score (nSPS) is 19.2. The molecule has 2 aromatic rings. The molecule has 7 nitrogen and oxygen atoms in total. The van der Waals surface area contributed by atoms with Gasteiger partial charge in [0.1, 0.15) is 26.2 Å². The minimum atomic E-state index is -0.508. The van der Waals surface area contributed by atoms with Gasteiger partial charge in [0.2, 0.25) is 0 Å². The molecule has 1 aliphatic heterocycles. The van der Waals surface area contributed by atoms with Crippen LogP contribution in [0.4, 0.5) is 11.4 Å². The van der Waals surface area contributed by atoms with Crippen molar-refractivity contribution >= 4 is 35.0 Å². The molecule has 1 heterocycles. The Bertz CT molecular complexity index is 881. The van der Waals surface area contributed by atoms with Gasteiger partial charge in [-0.2, -0.15) is 0 Å². The van der Waals surface area contributed by atoms with Crippen molar-refractivity contribution in [3.05, 3.63) is 75.3 Å². The molecule has 0 saturated carbocycles. The Balaban J connectivity index is 1.43. The van der Waals surface area contributed by atoms with E-state index in [2.05, 4.69) is 29.6 Å². The molecule has 0 radical (unpaired) electrons. The second-order valence-electron chi connectivity index (χ2n) is 7.16. The summed E-state index contributed by atoms with van der Waals surface area (Å²) >= 11 is 6.05. The van der Waals surface area contributed by atoms with E-state index < -0.39 is 4.92 Å². The molecule has 152 valence electrons. The molecule has 0 aromatic heterocycles. The number of hydrogen-bond donors (Lipinski definition) is 3. The number of carbonyl (C=O) groups excluding carboxylic acids is 1. The standard InChI is InChI=1S/C21H23ClN4O3/c22-19-9-8-18(26(28)29)15-20(19)23-21(27)16-25-13-11-24(12-14-25)10-4-7-17-5-2-1-3-6-17/h1-9,15H,10-14,16H2,(H,23,27)/p+2/b7-4+. The SMILES string of the molecule is O=C(C[NH+]1CC[NH+](C/C=C/c2ccccc2)CC1)Nc1cc([N+](=O)[O-])ccc1Cl. The molecule has 0 atom stereocenters. The second kappa shape index (κ2) is 10.2. The van der Waals surface area contributed by atoms with Gasteiger partial charge >= 0.3 is 0 Å². The van der Waals surface area contributed by atoms with Crippen molar-refractivity contribution in [2.75, 3.05) is 44.6 Å². The van der Waals surface area contributed by atoms with Crippen molar-refractivity contribution in [2.24, 2.45) is 0 Å². The summed E-state index contributed by atoms with van der Waals surface area (Å²) in [5.41, 5.74) is 1.38. The van der Waals surface area contributed by atoms with E-state index in [-0.39, 0.29) is 17.3 Å². The summed E-state index contributed by atoms with van der Waals surface area (Å²) in [6.07, 6.45) is 4.34. The Morgan fingerprint density at radius 1 is 1.10 bits per heavy atom. The lowest BCUT2D eigenvalue weighted by Crippen LogP contribution is -3.28. The number of quaternary nitrogens is 2. The van der Waals surface area contributed by atoms with Crippen LogP contribution >= 0.6 is 11.6 Å². The molecule has 1 amide bonds. The summed E-state index contributed by atoms with van der Waals surface area (Å²) in [7, 11) is 0. The highest BCUT2D eigenvalue weighted by Crippen LogP contribution is 2.26. The number of anilines is 1. The van der Waals surface area contributed by atoms with Crippen molar-refractivity contribution in [1.82, 2.24) is 0 Å². The number of nitro benzene ring substituents is 1. The Morgan fingerprint density at radius 2 is 1.79 bits per heavy atom. The fraction of sp³-hybridized carbons (Fsp3) is 0.286. The molecule has 0 spiro atoms. The Kier molecular flexibility index (Phi) is 7.35. The molecule has 3 N–H and O–H groups in total. The number of amides is 1. The van der Waals surface area contributed by atoms with E-state index in [1.165, 1.54) is 33.6 Å². The van der Waals surface area contributed by atoms with Crippen LogP contribution in [0.25, 0.3) is 6.08 Å². The summed E-state index contributed by atoms with van der Waals surface area (Å²) in [6.45, 7) is 5.11. The minimum Gasteiger partial charge on any atom is -0.322 e. The molecule has 1 aliphatic rings. The van der Waals surface area contributed by atoms with Gasteiger partial charge in [0.15, 0.2) is 6.54 Å². The van der Waals surface area contributed by atoms with Crippen LogP contribution in [0.2, 0.25) is 5.02 Å². The molecule has 1 saturated heterocycles. The third-order valence-corrected chi connectivity index (χ3v) is 5.36. The second-order valence-corrected chi connectivity index (χ2v) is 7.57. The van der Waals surface area contributed by atoms with E-state index >= 15 is 0 Å². The summed E-state index contributed by atoms with van der Waals surface area (Å²) in [4.78, 5) is 25.4. The average molecular weight is 417 g/mol. The van der Waals surface area contributed by atoms with Gasteiger partial charge in [0.05, 0.1) is 22.2 Å².